The Bertz CT molecular complexity index is 304. The summed E-state index contributed by atoms with van der Waals surface area (Å²) >= 11 is 0. The van der Waals surface area contributed by atoms with Gasteiger partial charge in [0.25, 0.3) is 0 Å². The second kappa shape index (κ2) is 4.91. The van der Waals surface area contributed by atoms with E-state index in [0.717, 1.165) is 51.9 Å². The van der Waals surface area contributed by atoms with Crippen LogP contribution in [0.4, 0.5) is 0 Å². The Labute approximate surface area is 96.4 Å². The fourth-order valence-electron chi connectivity index (χ4n) is 2.67. The van der Waals surface area contributed by atoms with Crippen molar-refractivity contribution < 1.29 is 4.79 Å². The standard InChI is InChI=1S/C12H19N3O/c1-11-2-4-12(5-3-11,14-10-16)15-8-6-13-7-9-15/h13H,1-9H2. The van der Waals surface area contributed by atoms with E-state index in [9.17, 15) is 4.79 Å². The lowest BCUT2D eigenvalue weighted by atomic mass is 9.85. The molecule has 0 radical (unpaired) electrons. The number of aliphatic imine (C=N–C) groups is 1. The van der Waals surface area contributed by atoms with E-state index < -0.39 is 0 Å². The SMILES string of the molecule is C=C1CCC(N=C=O)(N2CCNCC2)CC1. The quantitative estimate of drug-likeness (QED) is 0.431. The van der Waals surface area contributed by atoms with Gasteiger partial charge in [-0.2, -0.15) is 4.99 Å². The summed E-state index contributed by atoms with van der Waals surface area (Å²) in [5.41, 5.74) is 0.997. The van der Waals surface area contributed by atoms with Gasteiger partial charge in [0.05, 0.1) is 0 Å². The summed E-state index contributed by atoms with van der Waals surface area (Å²) in [6, 6.07) is 0. The van der Waals surface area contributed by atoms with Crippen molar-refractivity contribution in [3.8, 4) is 0 Å². The predicted octanol–water partition coefficient (Wildman–Crippen LogP) is 1.05. The van der Waals surface area contributed by atoms with Gasteiger partial charge in [-0.15, -0.1) is 0 Å². The van der Waals surface area contributed by atoms with Crippen LogP contribution in [0.1, 0.15) is 25.7 Å². The Kier molecular flexibility index (Phi) is 3.54. The summed E-state index contributed by atoms with van der Waals surface area (Å²) in [6.07, 6.45) is 5.57. The first-order valence-corrected chi connectivity index (χ1v) is 5.98. The zero-order valence-electron chi connectivity index (χ0n) is 9.67. The molecule has 0 aromatic rings. The van der Waals surface area contributed by atoms with Crippen LogP contribution in [0.2, 0.25) is 0 Å². The molecule has 1 saturated carbocycles. The normalized spacial score (nSPS) is 26.1. The zero-order chi connectivity index (χ0) is 11.4. The van der Waals surface area contributed by atoms with Crippen LogP contribution in [-0.4, -0.2) is 42.8 Å². The Balaban J connectivity index is 2.14. The van der Waals surface area contributed by atoms with Crippen LogP contribution < -0.4 is 5.32 Å². The average molecular weight is 221 g/mol. The number of allylic oxidation sites excluding steroid dienone is 1. The number of hydrogen-bond acceptors (Lipinski definition) is 4. The van der Waals surface area contributed by atoms with Crippen LogP contribution >= 0.6 is 0 Å². The van der Waals surface area contributed by atoms with Gasteiger partial charge in [-0.1, -0.05) is 12.2 Å². The van der Waals surface area contributed by atoms with Crippen molar-refractivity contribution in [3.05, 3.63) is 12.2 Å². The van der Waals surface area contributed by atoms with Gasteiger partial charge in [0.1, 0.15) is 5.66 Å². The maximum atomic E-state index is 10.6. The van der Waals surface area contributed by atoms with Crippen LogP contribution in [0.25, 0.3) is 0 Å². The molecule has 2 aliphatic rings. The molecule has 0 aromatic heterocycles. The number of nitrogens with one attached hydrogen (secondary N) is 1. The van der Waals surface area contributed by atoms with E-state index in [1.54, 1.807) is 6.08 Å². The Morgan fingerprint density at radius 2 is 1.94 bits per heavy atom. The molecular weight excluding hydrogens is 202 g/mol. The number of carbonyl (C=O) groups excluding carboxylic acids is 1. The van der Waals surface area contributed by atoms with Crippen LogP contribution in [-0.2, 0) is 4.79 Å². The predicted molar refractivity (Wildman–Crippen MR) is 62.9 cm³/mol. The fraction of sp³-hybridized carbons (Fsp3) is 0.750. The van der Waals surface area contributed by atoms with Crippen molar-refractivity contribution in [2.24, 2.45) is 4.99 Å². The molecule has 2 fully saturated rings. The number of piperazine rings is 1. The highest BCUT2D eigenvalue weighted by Crippen LogP contribution is 2.36. The molecule has 1 saturated heterocycles. The molecule has 0 amide bonds. The summed E-state index contributed by atoms with van der Waals surface area (Å²) in [7, 11) is 0. The van der Waals surface area contributed by atoms with E-state index in [0.29, 0.717) is 0 Å². The van der Waals surface area contributed by atoms with Gasteiger partial charge in [-0.25, -0.2) is 4.79 Å². The first-order chi connectivity index (χ1) is 7.77. The Morgan fingerprint density at radius 3 is 2.50 bits per heavy atom. The maximum Gasteiger partial charge on any atom is 0.236 e. The number of hydrogen-bond donors (Lipinski definition) is 1. The van der Waals surface area contributed by atoms with Gasteiger partial charge >= 0.3 is 0 Å². The van der Waals surface area contributed by atoms with Gasteiger partial charge in [-0.05, 0) is 25.7 Å². The molecule has 1 aliphatic heterocycles. The summed E-state index contributed by atoms with van der Waals surface area (Å²) in [4.78, 5) is 17.1. The van der Waals surface area contributed by atoms with Gasteiger partial charge in [-0.3, -0.25) is 4.90 Å². The zero-order valence-corrected chi connectivity index (χ0v) is 9.67. The molecule has 4 heteroatoms. The molecule has 1 N–H and O–H groups in total. The van der Waals surface area contributed by atoms with E-state index in [1.807, 2.05) is 0 Å². The van der Waals surface area contributed by atoms with Gasteiger partial charge < -0.3 is 5.32 Å². The van der Waals surface area contributed by atoms with E-state index in [1.165, 1.54) is 5.57 Å². The molecule has 0 atom stereocenters. The lowest BCUT2D eigenvalue weighted by Crippen LogP contribution is -2.56. The fourth-order valence-corrected chi connectivity index (χ4v) is 2.67. The van der Waals surface area contributed by atoms with Crippen molar-refractivity contribution >= 4 is 6.08 Å². The smallest absolute Gasteiger partial charge is 0.236 e. The summed E-state index contributed by atoms with van der Waals surface area (Å²) in [5, 5.41) is 3.32. The minimum atomic E-state index is -0.287. The van der Waals surface area contributed by atoms with Crippen molar-refractivity contribution in [2.45, 2.75) is 31.3 Å². The summed E-state index contributed by atoms with van der Waals surface area (Å²) < 4.78 is 0. The van der Waals surface area contributed by atoms with Gasteiger partial charge in [0, 0.05) is 26.2 Å². The van der Waals surface area contributed by atoms with E-state index in [-0.39, 0.29) is 5.66 Å². The topological polar surface area (TPSA) is 44.7 Å². The minimum Gasteiger partial charge on any atom is -0.314 e. The second-order valence-corrected chi connectivity index (χ2v) is 4.67. The highest BCUT2D eigenvalue weighted by molar-refractivity contribution is 5.35. The van der Waals surface area contributed by atoms with Crippen LogP contribution in [0.3, 0.4) is 0 Å². The van der Waals surface area contributed by atoms with Crippen LogP contribution in [0.5, 0.6) is 0 Å². The van der Waals surface area contributed by atoms with E-state index in [4.69, 9.17) is 0 Å². The highest BCUT2D eigenvalue weighted by Gasteiger charge is 2.39. The molecule has 0 spiro atoms. The van der Waals surface area contributed by atoms with Gasteiger partial charge in [0.15, 0.2) is 0 Å². The number of nitrogens with zero attached hydrogens (tertiary/aromatic N) is 2. The van der Waals surface area contributed by atoms with Crippen LogP contribution in [0, 0.1) is 0 Å². The third-order valence-corrected chi connectivity index (χ3v) is 3.72. The van der Waals surface area contributed by atoms with E-state index >= 15 is 0 Å². The Morgan fingerprint density at radius 1 is 1.31 bits per heavy atom. The Hall–Kier alpha value is -0.960. The molecule has 16 heavy (non-hydrogen) atoms. The first-order valence-electron chi connectivity index (χ1n) is 5.98. The monoisotopic (exact) mass is 221 g/mol. The molecule has 0 aromatic carbocycles. The first kappa shape index (κ1) is 11.5. The number of isocyanates is 1. The average Bonchev–Trinajstić information content (AvgIpc) is 2.34. The molecule has 88 valence electrons. The molecule has 1 heterocycles. The van der Waals surface area contributed by atoms with Crippen LogP contribution in [0.15, 0.2) is 17.1 Å². The molecule has 1 aliphatic carbocycles. The van der Waals surface area contributed by atoms with Crippen molar-refractivity contribution in [3.63, 3.8) is 0 Å². The largest absolute Gasteiger partial charge is 0.314 e. The molecule has 2 rings (SSSR count). The van der Waals surface area contributed by atoms with Crippen molar-refractivity contribution in [2.75, 3.05) is 26.2 Å². The molecular formula is C12H19N3O. The minimum absolute atomic E-state index is 0.287. The third-order valence-electron chi connectivity index (χ3n) is 3.72. The highest BCUT2D eigenvalue weighted by atomic mass is 16.1. The van der Waals surface area contributed by atoms with Gasteiger partial charge in [0.2, 0.25) is 6.08 Å². The lowest BCUT2D eigenvalue weighted by molar-refractivity contribution is 0.0559. The lowest BCUT2D eigenvalue weighted by Gasteiger charge is -2.44. The maximum absolute atomic E-state index is 10.6. The van der Waals surface area contributed by atoms with Crippen molar-refractivity contribution in [1.82, 2.24) is 10.2 Å². The second-order valence-electron chi connectivity index (χ2n) is 4.67. The summed E-state index contributed by atoms with van der Waals surface area (Å²) in [6.45, 7) is 7.92. The molecule has 4 nitrogen and oxygen atoms in total. The molecule has 0 unspecified atom stereocenters. The third kappa shape index (κ3) is 2.24. The number of rotatable bonds is 2. The van der Waals surface area contributed by atoms with Crippen molar-refractivity contribution in [1.29, 1.82) is 0 Å². The summed E-state index contributed by atoms with van der Waals surface area (Å²) in [5.74, 6) is 0. The van der Waals surface area contributed by atoms with E-state index in [2.05, 4.69) is 21.8 Å². The molecule has 0 bridgehead atoms.